The molecule has 2 N–H and O–H groups in total. The van der Waals surface area contributed by atoms with Crippen LogP contribution in [0.4, 0.5) is 10.5 Å². The van der Waals surface area contributed by atoms with Crippen LogP contribution in [0.15, 0.2) is 54.9 Å². The summed E-state index contributed by atoms with van der Waals surface area (Å²) in [6, 6.07) is 13.8. The highest BCUT2D eigenvalue weighted by Crippen LogP contribution is 2.25. The Bertz CT molecular complexity index is 729. The minimum atomic E-state index is 0.0310. The number of pyridine rings is 1. The third-order valence-electron chi connectivity index (χ3n) is 4.34. The second kappa shape index (κ2) is 9.54. The second-order valence-electron chi connectivity index (χ2n) is 6.24. The number of amides is 3. The SMILES string of the molecule is O=C1N2CCCC(C2)N1OCc1ccccc1.O=CNNc1cccnc1. The van der Waals surface area contributed by atoms with Crippen molar-refractivity contribution in [3.8, 4) is 0 Å². The Morgan fingerprint density at radius 1 is 1.22 bits per heavy atom. The lowest BCUT2D eigenvalue weighted by Gasteiger charge is -2.22. The standard InChI is InChI=1S/C13H16N2O2.C6H7N3O/c16-13-14-8-4-7-12(9-14)15(13)17-10-11-5-2-1-3-6-11;10-5-8-9-6-2-1-3-7-4-6/h1-3,5-6,12H,4,7-10H2;1-5,9H,(H,8,10). The zero-order valence-electron chi connectivity index (χ0n) is 15.0. The number of nitrogens with one attached hydrogen (secondary N) is 2. The first-order chi connectivity index (χ1) is 13.3. The smallest absolute Gasteiger partial charge is 0.321 e. The van der Waals surface area contributed by atoms with Crippen molar-refractivity contribution in [3.63, 3.8) is 0 Å². The summed E-state index contributed by atoms with van der Waals surface area (Å²) in [5, 5.41) is 1.57. The summed E-state index contributed by atoms with van der Waals surface area (Å²) in [4.78, 5) is 33.1. The predicted octanol–water partition coefficient (Wildman–Crippen LogP) is 2.17. The number of fused-ring (bicyclic) bond motifs is 2. The first-order valence-electron chi connectivity index (χ1n) is 8.88. The number of carbonyl (C=O) groups excluding carboxylic acids is 2. The zero-order valence-corrected chi connectivity index (χ0v) is 15.0. The maximum atomic E-state index is 11.9. The van der Waals surface area contributed by atoms with Crippen molar-refractivity contribution < 1.29 is 14.4 Å². The number of aromatic nitrogens is 1. The van der Waals surface area contributed by atoms with Gasteiger partial charge in [0.15, 0.2) is 0 Å². The Labute approximate surface area is 158 Å². The van der Waals surface area contributed by atoms with Gasteiger partial charge in [0, 0.05) is 19.3 Å². The van der Waals surface area contributed by atoms with Gasteiger partial charge < -0.3 is 4.90 Å². The van der Waals surface area contributed by atoms with Gasteiger partial charge in [0.05, 0.1) is 17.9 Å². The molecule has 2 aliphatic rings. The molecule has 2 fully saturated rings. The molecular formula is C19H23N5O3. The van der Waals surface area contributed by atoms with Crippen LogP contribution in [0.25, 0.3) is 0 Å². The van der Waals surface area contributed by atoms with Crippen molar-refractivity contribution >= 4 is 18.1 Å². The Hall–Kier alpha value is -3.13. The number of nitrogens with zero attached hydrogens (tertiary/aromatic N) is 3. The predicted molar refractivity (Wildman–Crippen MR) is 100 cm³/mol. The average molecular weight is 369 g/mol. The van der Waals surface area contributed by atoms with Gasteiger partial charge in [-0.3, -0.25) is 25.5 Å². The van der Waals surface area contributed by atoms with E-state index in [1.54, 1.807) is 29.6 Å². The lowest BCUT2D eigenvalue weighted by Crippen LogP contribution is -2.33. The number of hydrazine groups is 1. The van der Waals surface area contributed by atoms with Gasteiger partial charge in [-0.2, -0.15) is 5.06 Å². The highest BCUT2D eigenvalue weighted by Gasteiger charge is 2.40. The van der Waals surface area contributed by atoms with Crippen molar-refractivity contribution in [2.24, 2.45) is 0 Å². The zero-order chi connectivity index (χ0) is 18.9. The van der Waals surface area contributed by atoms with E-state index >= 15 is 0 Å². The van der Waals surface area contributed by atoms with E-state index < -0.39 is 0 Å². The van der Waals surface area contributed by atoms with E-state index in [2.05, 4.69) is 15.8 Å². The average Bonchev–Trinajstić information content (AvgIpc) is 2.94. The summed E-state index contributed by atoms with van der Waals surface area (Å²) in [5.74, 6) is 0. The van der Waals surface area contributed by atoms with Gasteiger partial charge >= 0.3 is 6.03 Å². The van der Waals surface area contributed by atoms with Crippen molar-refractivity contribution in [2.45, 2.75) is 25.5 Å². The molecule has 0 aliphatic carbocycles. The highest BCUT2D eigenvalue weighted by molar-refractivity contribution is 5.76. The molecule has 142 valence electrons. The topological polar surface area (TPSA) is 86.8 Å². The monoisotopic (exact) mass is 369 g/mol. The summed E-state index contributed by atoms with van der Waals surface area (Å²) < 4.78 is 0. The van der Waals surface area contributed by atoms with E-state index in [4.69, 9.17) is 4.84 Å². The molecule has 2 saturated heterocycles. The van der Waals surface area contributed by atoms with Crippen LogP contribution in [0.5, 0.6) is 0 Å². The van der Waals surface area contributed by atoms with Gasteiger partial charge in [0.25, 0.3) is 0 Å². The Kier molecular flexibility index (Phi) is 6.59. The van der Waals surface area contributed by atoms with E-state index in [1.165, 1.54) is 0 Å². The second-order valence-corrected chi connectivity index (χ2v) is 6.24. The minimum absolute atomic E-state index is 0.0310. The molecule has 0 saturated carbocycles. The van der Waals surface area contributed by atoms with Crippen LogP contribution in [0.2, 0.25) is 0 Å². The molecule has 3 amide bonds. The molecular weight excluding hydrogens is 346 g/mol. The van der Waals surface area contributed by atoms with Gasteiger partial charge in [-0.15, -0.1) is 0 Å². The van der Waals surface area contributed by atoms with Crippen molar-refractivity contribution in [1.82, 2.24) is 20.4 Å². The summed E-state index contributed by atoms with van der Waals surface area (Å²) in [6.45, 7) is 2.17. The lowest BCUT2D eigenvalue weighted by atomic mass is 10.1. The molecule has 1 aromatic heterocycles. The molecule has 8 nitrogen and oxygen atoms in total. The van der Waals surface area contributed by atoms with Crippen molar-refractivity contribution in [2.75, 3.05) is 18.5 Å². The molecule has 2 aromatic rings. The number of rotatable bonds is 6. The van der Waals surface area contributed by atoms with E-state index in [9.17, 15) is 9.59 Å². The first-order valence-corrected chi connectivity index (χ1v) is 8.88. The summed E-state index contributed by atoms with van der Waals surface area (Å²) in [5.41, 5.74) is 6.76. The number of piperidine rings is 1. The van der Waals surface area contributed by atoms with Gasteiger partial charge in [-0.05, 0) is 30.5 Å². The Morgan fingerprint density at radius 2 is 2.07 bits per heavy atom. The highest BCUT2D eigenvalue weighted by atomic mass is 16.7. The normalized spacial score (nSPS) is 17.8. The van der Waals surface area contributed by atoms with Gasteiger partial charge in [0.2, 0.25) is 6.41 Å². The van der Waals surface area contributed by atoms with Gasteiger partial charge in [-0.1, -0.05) is 30.3 Å². The van der Waals surface area contributed by atoms with Crippen LogP contribution >= 0.6 is 0 Å². The molecule has 2 aliphatic heterocycles. The molecule has 1 aromatic carbocycles. The molecule has 3 heterocycles. The summed E-state index contributed by atoms with van der Waals surface area (Å²) in [7, 11) is 0. The summed E-state index contributed by atoms with van der Waals surface area (Å²) in [6.07, 6.45) is 5.97. The van der Waals surface area contributed by atoms with Crippen LogP contribution in [-0.4, -0.2) is 46.5 Å². The van der Waals surface area contributed by atoms with Crippen molar-refractivity contribution in [3.05, 3.63) is 60.4 Å². The third kappa shape index (κ3) is 5.18. The fourth-order valence-corrected chi connectivity index (χ4v) is 3.04. The quantitative estimate of drug-likeness (QED) is 0.602. The number of urea groups is 1. The number of benzene rings is 1. The van der Waals surface area contributed by atoms with Crippen LogP contribution in [-0.2, 0) is 16.2 Å². The van der Waals surface area contributed by atoms with Gasteiger partial charge in [0.1, 0.15) is 6.61 Å². The van der Waals surface area contributed by atoms with Crippen LogP contribution in [0.1, 0.15) is 18.4 Å². The molecule has 8 heteroatoms. The fourth-order valence-electron chi connectivity index (χ4n) is 3.04. The number of hydrogen-bond acceptors (Lipinski definition) is 5. The minimum Gasteiger partial charge on any atom is -0.321 e. The van der Waals surface area contributed by atoms with E-state index in [0.717, 1.165) is 37.2 Å². The number of anilines is 1. The maximum Gasteiger partial charge on any atom is 0.344 e. The Balaban J connectivity index is 0.000000180. The van der Waals surface area contributed by atoms with Crippen LogP contribution < -0.4 is 10.9 Å². The lowest BCUT2D eigenvalue weighted by molar-refractivity contribution is -0.140. The van der Waals surface area contributed by atoms with Gasteiger partial charge in [-0.25, -0.2) is 4.79 Å². The fraction of sp³-hybridized carbons (Fsp3) is 0.316. The largest absolute Gasteiger partial charge is 0.344 e. The van der Waals surface area contributed by atoms with Crippen LogP contribution in [0.3, 0.4) is 0 Å². The molecule has 2 bridgehead atoms. The summed E-state index contributed by atoms with van der Waals surface area (Å²) >= 11 is 0. The van der Waals surface area contributed by atoms with E-state index in [-0.39, 0.29) is 12.1 Å². The third-order valence-corrected chi connectivity index (χ3v) is 4.34. The number of hydroxylamine groups is 2. The van der Waals surface area contributed by atoms with Crippen LogP contribution in [0, 0.1) is 0 Å². The number of hydrogen-bond donors (Lipinski definition) is 2. The van der Waals surface area contributed by atoms with E-state index in [0.29, 0.717) is 13.0 Å². The molecule has 1 atom stereocenters. The molecule has 4 rings (SSSR count). The molecule has 1 unspecified atom stereocenters. The first kappa shape index (κ1) is 18.7. The maximum absolute atomic E-state index is 11.9. The molecule has 0 spiro atoms. The van der Waals surface area contributed by atoms with E-state index in [1.807, 2.05) is 35.2 Å². The molecule has 0 radical (unpaired) electrons. The number of carbonyl (C=O) groups is 2. The van der Waals surface area contributed by atoms with Crippen molar-refractivity contribution in [1.29, 1.82) is 0 Å². The molecule has 27 heavy (non-hydrogen) atoms. The Morgan fingerprint density at radius 3 is 2.78 bits per heavy atom.